The van der Waals surface area contributed by atoms with E-state index in [1.165, 1.54) is 77.0 Å². The van der Waals surface area contributed by atoms with E-state index < -0.39 is 0 Å². The average Bonchev–Trinajstić information content (AvgIpc) is 2.49. The SMILES string of the molecule is CCC[C@H]1CC[C@H](C=C[C@H]2CC[C@H](CCC)CC2)CC1. The molecule has 2 fully saturated rings. The highest BCUT2D eigenvalue weighted by atomic mass is 14.3. The highest BCUT2D eigenvalue weighted by Gasteiger charge is 2.21. The third-order valence-corrected chi connectivity index (χ3v) is 5.83. The molecule has 0 unspecified atom stereocenters. The summed E-state index contributed by atoms with van der Waals surface area (Å²) in [6, 6.07) is 0. The van der Waals surface area contributed by atoms with E-state index >= 15 is 0 Å². The maximum Gasteiger partial charge on any atom is -0.0233 e. The number of hydrogen-bond donors (Lipinski definition) is 0. The van der Waals surface area contributed by atoms with Crippen molar-refractivity contribution >= 4 is 0 Å². The zero-order chi connectivity index (χ0) is 14.2. The van der Waals surface area contributed by atoms with Crippen molar-refractivity contribution < 1.29 is 0 Å². The van der Waals surface area contributed by atoms with E-state index in [2.05, 4.69) is 26.0 Å². The van der Waals surface area contributed by atoms with Gasteiger partial charge >= 0.3 is 0 Å². The Morgan fingerprint density at radius 3 is 1.25 bits per heavy atom. The van der Waals surface area contributed by atoms with Gasteiger partial charge in [0.15, 0.2) is 0 Å². The molecule has 0 spiro atoms. The van der Waals surface area contributed by atoms with Crippen LogP contribution < -0.4 is 0 Å². The minimum atomic E-state index is 0.913. The summed E-state index contributed by atoms with van der Waals surface area (Å²) in [5.41, 5.74) is 0. The van der Waals surface area contributed by atoms with Crippen LogP contribution in [-0.2, 0) is 0 Å². The lowest BCUT2D eigenvalue weighted by Gasteiger charge is -2.28. The Hall–Kier alpha value is -0.260. The van der Waals surface area contributed by atoms with Gasteiger partial charge in [0, 0.05) is 0 Å². The van der Waals surface area contributed by atoms with E-state index in [0.717, 1.165) is 23.7 Å². The predicted molar refractivity (Wildman–Crippen MR) is 89.9 cm³/mol. The number of allylic oxidation sites excluding steroid dienone is 2. The van der Waals surface area contributed by atoms with Gasteiger partial charge in [0.25, 0.3) is 0 Å². The van der Waals surface area contributed by atoms with Crippen molar-refractivity contribution in [1.82, 2.24) is 0 Å². The molecule has 0 aromatic carbocycles. The molecule has 0 heteroatoms. The van der Waals surface area contributed by atoms with Crippen molar-refractivity contribution in [2.45, 2.75) is 90.9 Å². The monoisotopic (exact) mass is 276 g/mol. The van der Waals surface area contributed by atoms with E-state index in [0.29, 0.717) is 0 Å². The summed E-state index contributed by atoms with van der Waals surface area (Å²) in [6.45, 7) is 4.67. The Labute approximate surface area is 127 Å². The van der Waals surface area contributed by atoms with Crippen LogP contribution in [0, 0.1) is 23.7 Å². The van der Waals surface area contributed by atoms with Gasteiger partial charge < -0.3 is 0 Å². The van der Waals surface area contributed by atoms with Gasteiger partial charge in [-0.25, -0.2) is 0 Å². The molecule has 0 saturated heterocycles. The number of hydrogen-bond acceptors (Lipinski definition) is 0. The van der Waals surface area contributed by atoms with Crippen LogP contribution in [0.15, 0.2) is 12.2 Å². The molecule has 0 N–H and O–H groups in total. The molecule has 116 valence electrons. The van der Waals surface area contributed by atoms with Gasteiger partial charge in [0.2, 0.25) is 0 Å². The van der Waals surface area contributed by atoms with Crippen LogP contribution in [0.3, 0.4) is 0 Å². The molecule has 0 bridgehead atoms. The summed E-state index contributed by atoms with van der Waals surface area (Å²) < 4.78 is 0. The normalized spacial score (nSPS) is 35.5. The Bertz CT molecular complexity index is 234. The third kappa shape index (κ3) is 5.26. The molecule has 0 atom stereocenters. The Morgan fingerprint density at radius 1 is 0.600 bits per heavy atom. The maximum absolute atomic E-state index is 2.60. The lowest BCUT2D eigenvalue weighted by Crippen LogP contribution is -2.15. The van der Waals surface area contributed by atoms with Gasteiger partial charge in [-0.3, -0.25) is 0 Å². The fraction of sp³-hybridized carbons (Fsp3) is 0.900. The van der Waals surface area contributed by atoms with Crippen LogP contribution in [0.25, 0.3) is 0 Å². The number of rotatable bonds is 6. The first-order valence-corrected chi connectivity index (χ1v) is 9.50. The quantitative estimate of drug-likeness (QED) is 0.470. The fourth-order valence-electron chi connectivity index (χ4n) is 4.47. The molecule has 0 heterocycles. The molecule has 0 amide bonds. The summed E-state index contributed by atoms with van der Waals surface area (Å²) in [7, 11) is 0. The lowest BCUT2D eigenvalue weighted by molar-refractivity contribution is 0.284. The zero-order valence-electron chi connectivity index (χ0n) is 13.9. The molecule has 0 aliphatic heterocycles. The van der Waals surface area contributed by atoms with E-state index in [-0.39, 0.29) is 0 Å². The van der Waals surface area contributed by atoms with Crippen molar-refractivity contribution in [3.8, 4) is 0 Å². The highest BCUT2D eigenvalue weighted by molar-refractivity contribution is 4.96. The minimum absolute atomic E-state index is 0.913. The van der Waals surface area contributed by atoms with E-state index in [4.69, 9.17) is 0 Å². The molecule has 0 nitrogen and oxygen atoms in total. The standard InChI is InChI=1S/C20H36/c1-3-5-17-7-11-19(12-8-17)15-16-20-13-9-18(6-4-2)10-14-20/h15-20H,3-14H2,1-2H3/t17-,18-,19-,20-. The van der Waals surface area contributed by atoms with Gasteiger partial charge in [-0.1, -0.05) is 51.7 Å². The minimum Gasteiger partial charge on any atom is -0.0851 e. The second kappa shape index (κ2) is 8.90. The van der Waals surface area contributed by atoms with Crippen molar-refractivity contribution in [1.29, 1.82) is 0 Å². The largest absolute Gasteiger partial charge is 0.0851 e. The summed E-state index contributed by atoms with van der Waals surface area (Å²) in [5, 5.41) is 0. The summed E-state index contributed by atoms with van der Waals surface area (Å²) >= 11 is 0. The van der Waals surface area contributed by atoms with E-state index in [9.17, 15) is 0 Å². The first-order valence-electron chi connectivity index (χ1n) is 9.50. The van der Waals surface area contributed by atoms with Gasteiger partial charge in [-0.15, -0.1) is 0 Å². The van der Waals surface area contributed by atoms with E-state index in [1.807, 2.05) is 0 Å². The molecule has 0 aromatic heterocycles. The van der Waals surface area contributed by atoms with Gasteiger partial charge in [0.1, 0.15) is 0 Å². The highest BCUT2D eigenvalue weighted by Crippen LogP contribution is 2.35. The average molecular weight is 277 g/mol. The van der Waals surface area contributed by atoms with Crippen molar-refractivity contribution in [3.63, 3.8) is 0 Å². The third-order valence-electron chi connectivity index (χ3n) is 5.83. The van der Waals surface area contributed by atoms with Crippen molar-refractivity contribution in [2.75, 3.05) is 0 Å². The smallest absolute Gasteiger partial charge is 0.0233 e. The molecular formula is C20H36. The second-order valence-electron chi connectivity index (χ2n) is 7.52. The lowest BCUT2D eigenvalue weighted by atomic mass is 9.77. The van der Waals surface area contributed by atoms with Gasteiger partial charge in [-0.2, -0.15) is 0 Å². The molecule has 2 aliphatic rings. The maximum atomic E-state index is 2.60. The molecular weight excluding hydrogens is 240 g/mol. The molecule has 0 aromatic rings. The second-order valence-corrected chi connectivity index (χ2v) is 7.52. The van der Waals surface area contributed by atoms with Crippen LogP contribution in [0.5, 0.6) is 0 Å². The molecule has 2 rings (SSSR count). The Balaban J connectivity index is 1.64. The van der Waals surface area contributed by atoms with Crippen LogP contribution in [-0.4, -0.2) is 0 Å². The van der Waals surface area contributed by atoms with Gasteiger partial charge in [-0.05, 0) is 75.0 Å². The molecule has 2 saturated carbocycles. The Kier molecular flexibility index (Phi) is 7.17. The van der Waals surface area contributed by atoms with Crippen molar-refractivity contribution in [2.24, 2.45) is 23.7 Å². The zero-order valence-corrected chi connectivity index (χ0v) is 13.9. The first-order chi connectivity index (χ1) is 9.81. The molecule has 20 heavy (non-hydrogen) atoms. The summed E-state index contributed by atoms with van der Waals surface area (Å²) in [4.78, 5) is 0. The summed E-state index contributed by atoms with van der Waals surface area (Å²) in [6.07, 6.45) is 22.7. The predicted octanol–water partition coefficient (Wildman–Crippen LogP) is 6.76. The first kappa shape index (κ1) is 16.1. The topological polar surface area (TPSA) is 0 Å². The van der Waals surface area contributed by atoms with Crippen LogP contribution in [0.1, 0.15) is 90.9 Å². The fourth-order valence-corrected chi connectivity index (χ4v) is 4.47. The molecule has 2 aliphatic carbocycles. The van der Waals surface area contributed by atoms with E-state index in [1.54, 1.807) is 0 Å². The van der Waals surface area contributed by atoms with Crippen molar-refractivity contribution in [3.05, 3.63) is 12.2 Å². The molecule has 0 radical (unpaired) electrons. The van der Waals surface area contributed by atoms with Crippen LogP contribution in [0.2, 0.25) is 0 Å². The van der Waals surface area contributed by atoms with Gasteiger partial charge in [0.05, 0.1) is 0 Å². The van der Waals surface area contributed by atoms with Crippen LogP contribution >= 0.6 is 0 Å². The Morgan fingerprint density at radius 2 is 0.950 bits per heavy atom. The summed E-state index contributed by atoms with van der Waals surface area (Å²) in [5.74, 6) is 3.93. The van der Waals surface area contributed by atoms with Crippen LogP contribution in [0.4, 0.5) is 0 Å².